The van der Waals surface area contributed by atoms with Gasteiger partial charge in [0.2, 0.25) is 5.95 Å². The molecule has 4 rings (SSSR count). The summed E-state index contributed by atoms with van der Waals surface area (Å²) in [5, 5.41) is 5.11. The number of likely N-dealkylation sites (N-methyl/N-ethyl adjacent to an activating group) is 1. The third kappa shape index (κ3) is 3.80. The number of benzene rings is 2. The van der Waals surface area contributed by atoms with Crippen molar-refractivity contribution < 1.29 is 9.47 Å². The number of likely N-dealkylation sites (tertiary alicyclic amines) is 1. The molecular formula is C21H22Cl2N4O2. The zero-order valence-electron chi connectivity index (χ0n) is 16.5. The van der Waals surface area contributed by atoms with Crippen LogP contribution in [0.25, 0.3) is 22.0 Å². The SMILES string of the molecule is COc1cc(OC)c(Cl)c(-c2cccc3nc(NC4CCN(C)C4)ncc23)c1Cl. The number of methoxy groups -OCH3 is 2. The lowest BCUT2D eigenvalue weighted by molar-refractivity contribution is 0.395. The fourth-order valence-corrected chi connectivity index (χ4v) is 4.40. The molecule has 6 nitrogen and oxygen atoms in total. The summed E-state index contributed by atoms with van der Waals surface area (Å²) in [4.78, 5) is 11.5. The number of ether oxygens (including phenoxy) is 2. The van der Waals surface area contributed by atoms with E-state index in [0.29, 0.717) is 39.1 Å². The zero-order chi connectivity index (χ0) is 20.5. The first-order valence-electron chi connectivity index (χ1n) is 9.33. The van der Waals surface area contributed by atoms with E-state index in [4.69, 9.17) is 37.7 Å². The van der Waals surface area contributed by atoms with E-state index in [1.54, 1.807) is 26.5 Å². The molecule has 1 atom stereocenters. The Hall–Kier alpha value is -2.28. The lowest BCUT2D eigenvalue weighted by Crippen LogP contribution is -2.24. The summed E-state index contributed by atoms with van der Waals surface area (Å²) in [5.41, 5.74) is 2.26. The average Bonchev–Trinajstić information content (AvgIpc) is 3.13. The van der Waals surface area contributed by atoms with Gasteiger partial charge in [-0.25, -0.2) is 9.97 Å². The van der Waals surface area contributed by atoms with Crippen molar-refractivity contribution in [2.24, 2.45) is 0 Å². The molecule has 152 valence electrons. The molecule has 1 unspecified atom stereocenters. The largest absolute Gasteiger partial charge is 0.495 e. The zero-order valence-corrected chi connectivity index (χ0v) is 18.0. The molecule has 2 heterocycles. The molecule has 2 aromatic carbocycles. The highest BCUT2D eigenvalue weighted by Gasteiger charge is 2.22. The third-order valence-electron chi connectivity index (χ3n) is 5.19. The molecule has 0 aliphatic carbocycles. The van der Waals surface area contributed by atoms with Crippen molar-refractivity contribution in [3.63, 3.8) is 0 Å². The summed E-state index contributed by atoms with van der Waals surface area (Å²) in [7, 11) is 5.23. The van der Waals surface area contributed by atoms with Gasteiger partial charge in [-0.2, -0.15) is 0 Å². The quantitative estimate of drug-likeness (QED) is 0.628. The van der Waals surface area contributed by atoms with E-state index < -0.39 is 0 Å². The molecule has 0 radical (unpaired) electrons. The molecule has 0 spiro atoms. The number of fused-ring (bicyclic) bond motifs is 1. The Balaban J connectivity index is 1.79. The van der Waals surface area contributed by atoms with Gasteiger partial charge in [-0.3, -0.25) is 0 Å². The van der Waals surface area contributed by atoms with E-state index >= 15 is 0 Å². The number of rotatable bonds is 5. The summed E-state index contributed by atoms with van der Waals surface area (Å²) in [6, 6.07) is 7.85. The lowest BCUT2D eigenvalue weighted by atomic mass is 10.0. The standard InChI is InChI=1S/C21H22Cl2N4O2/c1-27-8-7-12(11-27)25-21-24-10-14-13(5-4-6-15(14)26-21)18-19(22)16(28-2)9-17(29-3)20(18)23/h4-6,9-10,12H,7-8,11H2,1-3H3,(H,24,25,26). The Morgan fingerprint density at radius 3 is 2.48 bits per heavy atom. The minimum Gasteiger partial charge on any atom is -0.495 e. The Kier molecular flexibility index (Phi) is 5.67. The number of halogens is 2. The number of hydrogen-bond acceptors (Lipinski definition) is 6. The second-order valence-corrected chi connectivity index (χ2v) is 7.86. The number of nitrogens with zero attached hydrogens (tertiary/aromatic N) is 3. The molecule has 1 aromatic heterocycles. The maximum absolute atomic E-state index is 6.61. The normalized spacial score (nSPS) is 16.9. The number of hydrogen-bond donors (Lipinski definition) is 1. The highest BCUT2D eigenvalue weighted by Crippen LogP contribution is 2.47. The monoisotopic (exact) mass is 432 g/mol. The van der Waals surface area contributed by atoms with Crippen LogP contribution in [0.5, 0.6) is 11.5 Å². The van der Waals surface area contributed by atoms with Crippen molar-refractivity contribution in [3.05, 3.63) is 40.5 Å². The smallest absolute Gasteiger partial charge is 0.223 e. The highest BCUT2D eigenvalue weighted by atomic mass is 35.5. The van der Waals surface area contributed by atoms with Crippen LogP contribution in [0.4, 0.5) is 5.95 Å². The highest BCUT2D eigenvalue weighted by molar-refractivity contribution is 6.41. The van der Waals surface area contributed by atoms with Crippen molar-refractivity contribution in [2.75, 3.05) is 39.7 Å². The first-order chi connectivity index (χ1) is 14.0. The van der Waals surface area contributed by atoms with Crippen molar-refractivity contribution >= 4 is 40.1 Å². The van der Waals surface area contributed by atoms with Gasteiger partial charge < -0.3 is 19.7 Å². The number of nitrogens with one attached hydrogen (secondary N) is 1. The summed E-state index contributed by atoms with van der Waals surface area (Å²) in [6.45, 7) is 2.06. The van der Waals surface area contributed by atoms with Crippen LogP contribution >= 0.6 is 23.2 Å². The Morgan fingerprint density at radius 1 is 1.14 bits per heavy atom. The van der Waals surface area contributed by atoms with Gasteiger partial charge in [-0.1, -0.05) is 35.3 Å². The van der Waals surface area contributed by atoms with Crippen LogP contribution in [0.15, 0.2) is 30.5 Å². The van der Waals surface area contributed by atoms with E-state index in [-0.39, 0.29) is 0 Å². The molecule has 3 aromatic rings. The predicted octanol–water partition coefficient (Wildman–Crippen LogP) is 4.74. The molecule has 8 heteroatoms. The minimum absolute atomic E-state index is 0.354. The number of aromatic nitrogens is 2. The molecule has 0 saturated carbocycles. The molecular weight excluding hydrogens is 411 g/mol. The van der Waals surface area contributed by atoms with Crippen molar-refractivity contribution in [1.29, 1.82) is 0 Å². The molecule has 1 N–H and O–H groups in total. The van der Waals surface area contributed by atoms with E-state index in [9.17, 15) is 0 Å². The van der Waals surface area contributed by atoms with Gasteiger partial charge in [0, 0.05) is 35.8 Å². The van der Waals surface area contributed by atoms with E-state index in [2.05, 4.69) is 22.2 Å². The molecule has 0 amide bonds. The predicted molar refractivity (Wildman–Crippen MR) is 118 cm³/mol. The van der Waals surface area contributed by atoms with Gasteiger partial charge in [0.15, 0.2) is 0 Å². The first kappa shape index (κ1) is 20.0. The second kappa shape index (κ2) is 8.22. The summed E-state index contributed by atoms with van der Waals surface area (Å²) < 4.78 is 10.8. The fraction of sp³-hybridized carbons (Fsp3) is 0.333. The molecule has 1 aliphatic heterocycles. The first-order valence-corrected chi connectivity index (χ1v) is 10.1. The fourth-order valence-electron chi connectivity index (χ4n) is 3.70. The van der Waals surface area contributed by atoms with Gasteiger partial charge in [0.25, 0.3) is 0 Å². The average molecular weight is 433 g/mol. The van der Waals surface area contributed by atoms with Gasteiger partial charge in [0.1, 0.15) is 11.5 Å². The summed E-state index contributed by atoms with van der Waals surface area (Å²) in [6.07, 6.45) is 2.88. The molecule has 29 heavy (non-hydrogen) atoms. The maximum atomic E-state index is 6.61. The van der Waals surface area contributed by atoms with E-state index in [1.807, 2.05) is 18.2 Å². The maximum Gasteiger partial charge on any atom is 0.223 e. The lowest BCUT2D eigenvalue weighted by Gasteiger charge is -2.17. The number of anilines is 1. The Bertz CT molecular complexity index is 1030. The Morgan fingerprint density at radius 2 is 1.86 bits per heavy atom. The van der Waals surface area contributed by atoms with Crippen LogP contribution in [0.1, 0.15) is 6.42 Å². The van der Waals surface area contributed by atoms with Crippen LogP contribution in [0.3, 0.4) is 0 Å². The van der Waals surface area contributed by atoms with Crippen LogP contribution in [0.2, 0.25) is 10.0 Å². The minimum atomic E-state index is 0.354. The van der Waals surface area contributed by atoms with E-state index in [1.165, 1.54) is 0 Å². The van der Waals surface area contributed by atoms with Gasteiger partial charge in [0.05, 0.1) is 29.8 Å². The summed E-state index contributed by atoms with van der Waals surface area (Å²) >= 11 is 13.2. The van der Waals surface area contributed by atoms with Gasteiger partial charge in [-0.15, -0.1) is 0 Å². The van der Waals surface area contributed by atoms with Crippen molar-refractivity contribution in [3.8, 4) is 22.6 Å². The van der Waals surface area contributed by atoms with Crippen molar-refractivity contribution in [2.45, 2.75) is 12.5 Å². The Labute approximate surface area is 179 Å². The molecule has 1 aliphatic rings. The molecule has 1 saturated heterocycles. The van der Waals surface area contributed by atoms with Gasteiger partial charge >= 0.3 is 0 Å². The van der Waals surface area contributed by atoms with Crippen LogP contribution in [-0.2, 0) is 0 Å². The molecule has 0 bridgehead atoms. The van der Waals surface area contributed by atoms with E-state index in [0.717, 1.165) is 36.0 Å². The van der Waals surface area contributed by atoms with Crippen LogP contribution in [0, 0.1) is 0 Å². The van der Waals surface area contributed by atoms with Crippen molar-refractivity contribution in [1.82, 2.24) is 14.9 Å². The van der Waals surface area contributed by atoms with Crippen LogP contribution < -0.4 is 14.8 Å². The van der Waals surface area contributed by atoms with Gasteiger partial charge in [-0.05, 0) is 31.6 Å². The van der Waals surface area contributed by atoms with Crippen LogP contribution in [-0.4, -0.2) is 55.3 Å². The molecule has 1 fully saturated rings. The summed E-state index contributed by atoms with van der Waals surface area (Å²) in [5.74, 6) is 1.60. The topological polar surface area (TPSA) is 59.5 Å². The third-order valence-corrected chi connectivity index (χ3v) is 5.94. The second-order valence-electron chi connectivity index (χ2n) is 7.11.